The molecule has 8 N–H and O–H groups in total. The number of nitrogens with zero attached hydrogens (tertiary/aromatic N) is 16. The highest BCUT2D eigenvalue weighted by Crippen LogP contribution is 2.35. The van der Waals surface area contributed by atoms with Crippen molar-refractivity contribution in [3.05, 3.63) is 354 Å². The summed E-state index contributed by atoms with van der Waals surface area (Å²) in [5.41, 5.74) is 18.2. The predicted molar refractivity (Wildman–Crippen MR) is 503 cm³/mol. The number of fused-ring (bicyclic) bond motifs is 8. The Hall–Kier alpha value is -16.1. The Kier molecular flexibility index (Phi) is 24.5. The van der Waals surface area contributed by atoms with Crippen molar-refractivity contribution in [1.29, 1.82) is 0 Å². The molecular formula is C98H92F2N24O4. The molecule has 0 saturated heterocycles. The van der Waals surface area contributed by atoms with E-state index in [4.69, 9.17) is 0 Å². The van der Waals surface area contributed by atoms with Gasteiger partial charge in [-0.1, -0.05) is 136 Å². The molecular weight excluding hydrogens is 1620 g/mol. The minimum atomic E-state index is -0.385. The molecule has 128 heavy (non-hydrogen) atoms. The van der Waals surface area contributed by atoms with Crippen LogP contribution < -0.4 is 43.5 Å². The first-order chi connectivity index (χ1) is 61.7. The van der Waals surface area contributed by atoms with Crippen molar-refractivity contribution in [2.75, 3.05) is 21.3 Å². The van der Waals surface area contributed by atoms with Crippen LogP contribution in [0.15, 0.2) is 264 Å². The molecule has 0 radical (unpaired) electrons. The van der Waals surface area contributed by atoms with Gasteiger partial charge in [0.25, 0.3) is 22.2 Å². The Morgan fingerprint density at radius 3 is 1.07 bits per heavy atom. The average molecular weight is 1710 g/mol. The number of halogens is 2. The Bertz CT molecular complexity index is 7750. The molecule has 0 spiro atoms. The number of hydrogen-bond acceptors (Lipinski definition) is 20. The minimum absolute atomic E-state index is 0. The minimum Gasteiger partial charge on any atom is -0.360 e. The second-order valence-electron chi connectivity index (χ2n) is 31.5. The Morgan fingerprint density at radius 2 is 0.656 bits per heavy atom. The number of aryl methyl sites for hydroxylation is 7. The SMILES string of the molecule is CCC(Nc1ncnc2nc[nH]c12)c1cc2cccc(C)c2c(=O)n1-c1cc(C)cc(F)c1.CCC(Nc1ncnc2nc[nH]c12)c1cc2cccc(C)c2c(=O)n1-c1ccc(C)cc1.CCC(Nc1ncnc2nc[nH]c12)c1cc2ccccc2c(=O)n1-c1ccccc1.Cc1cc(C)cc(-n2c(C(C)Nc3ncnc4nc[nH]c34)cc3cccc(C)c3c2=O)c1.F. The van der Waals surface area contributed by atoms with E-state index in [0.717, 1.165) is 140 Å². The monoisotopic (exact) mass is 1710 g/mol. The number of benzene rings is 8. The topological polar surface area (TPSA) is 354 Å². The van der Waals surface area contributed by atoms with Crippen LogP contribution in [0.4, 0.5) is 32.4 Å². The summed E-state index contributed by atoms with van der Waals surface area (Å²) >= 11 is 0. The van der Waals surface area contributed by atoms with Crippen LogP contribution in [0.1, 0.15) is 133 Å². The molecule has 0 fully saturated rings. The number of rotatable bonds is 19. The van der Waals surface area contributed by atoms with E-state index in [-0.39, 0.29) is 56.9 Å². The lowest BCUT2D eigenvalue weighted by atomic mass is 10.0. The first-order valence-corrected chi connectivity index (χ1v) is 41.9. The fraction of sp³-hybridized carbons (Fsp3) is 0.184. The van der Waals surface area contributed by atoms with Crippen LogP contribution in [0.3, 0.4) is 0 Å². The van der Waals surface area contributed by atoms with Crippen molar-refractivity contribution < 1.29 is 9.09 Å². The van der Waals surface area contributed by atoms with Crippen molar-refractivity contribution in [2.45, 2.75) is 120 Å². The number of aromatic nitrogens is 20. The summed E-state index contributed by atoms with van der Waals surface area (Å²) in [7, 11) is 0. The summed E-state index contributed by atoms with van der Waals surface area (Å²) in [6.07, 6.45) is 14.4. The van der Waals surface area contributed by atoms with Crippen molar-refractivity contribution in [2.24, 2.45) is 0 Å². The third kappa shape index (κ3) is 17.0. The molecule has 4 unspecified atom stereocenters. The normalized spacial score (nSPS) is 12.2. The van der Waals surface area contributed by atoms with Crippen LogP contribution in [-0.4, -0.2) is 98.0 Å². The van der Waals surface area contributed by atoms with Gasteiger partial charge in [0.2, 0.25) is 0 Å². The van der Waals surface area contributed by atoms with Gasteiger partial charge in [0.05, 0.1) is 71.3 Å². The molecule has 0 aliphatic heterocycles. The molecule has 0 aliphatic rings. The highest BCUT2D eigenvalue weighted by atomic mass is 19.1. The van der Waals surface area contributed by atoms with Crippen LogP contribution >= 0.6 is 0 Å². The van der Waals surface area contributed by atoms with Crippen LogP contribution in [0, 0.1) is 54.3 Å². The lowest BCUT2D eigenvalue weighted by Gasteiger charge is -2.24. The number of pyridine rings is 4. The summed E-state index contributed by atoms with van der Waals surface area (Å²) in [6.45, 7) is 22.0. The molecule has 28 nitrogen and oxygen atoms in total. The number of anilines is 4. The largest absolute Gasteiger partial charge is 0.360 e. The van der Waals surface area contributed by atoms with Crippen molar-refractivity contribution in [3.63, 3.8) is 0 Å². The Labute approximate surface area is 731 Å². The van der Waals surface area contributed by atoms with Crippen molar-refractivity contribution in [3.8, 4) is 22.7 Å². The number of imidazole rings is 4. The quantitative estimate of drug-likeness (QED) is 0.0373. The molecule has 0 bridgehead atoms. The van der Waals surface area contributed by atoms with Gasteiger partial charge in [-0.15, -0.1) is 0 Å². The maximum Gasteiger partial charge on any atom is 0.263 e. The van der Waals surface area contributed by atoms with Gasteiger partial charge in [-0.2, -0.15) is 0 Å². The Morgan fingerprint density at radius 1 is 0.320 bits per heavy atom. The molecule has 0 saturated carbocycles. The zero-order chi connectivity index (χ0) is 88.3. The lowest BCUT2D eigenvalue weighted by Crippen LogP contribution is -2.27. The second-order valence-corrected chi connectivity index (χ2v) is 31.5. The number of aromatic amines is 4. The number of para-hydroxylation sites is 1. The van der Waals surface area contributed by atoms with Gasteiger partial charge in [-0.3, -0.25) is 42.2 Å². The summed E-state index contributed by atoms with van der Waals surface area (Å²) in [5.74, 6) is 2.16. The zero-order valence-electron chi connectivity index (χ0n) is 72.1. The van der Waals surface area contributed by atoms with Gasteiger partial charge >= 0.3 is 0 Å². The molecule has 0 aliphatic carbocycles. The maximum atomic E-state index is 14.4. The molecule has 20 rings (SSSR count). The van der Waals surface area contributed by atoms with Gasteiger partial charge in [-0.05, 0) is 215 Å². The van der Waals surface area contributed by atoms with Gasteiger partial charge in [0, 0.05) is 45.2 Å². The van der Waals surface area contributed by atoms with E-state index < -0.39 is 0 Å². The molecule has 12 heterocycles. The lowest BCUT2D eigenvalue weighted by molar-refractivity contribution is 0.623. The molecule has 12 aromatic heterocycles. The molecule has 8 aromatic carbocycles. The van der Waals surface area contributed by atoms with E-state index in [2.05, 4.69) is 139 Å². The average Bonchev–Trinajstić information content (AvgIpc) is 0.815. The molecule has 30 heteroatoms. The summed E-state index contributed by atoms with van der Waals surface area (Å²) in [6, 6.07) is 61.5. The standard InChI is InChI=1S/C25H23FN6O.2C25H24N6O.C23H20N6O.FH/c1-4-19(31-24-22-23(28-12-27-22)29-13-30-24)20-10-16-7-5-6-15(3)21(16)25(33)32(20)18-9-14(2)8-17(26)11-18;1-14-8-15(2)10-19(9-14)31-20(11-18-7-5-6-16(3)21(18)25(31)32)17(4)30-24-22-23(27-12-26-22)28-13-29-24;1-4-19(30-24-22-23(27-13-26-22)28-14-29-24)20-12-17-7-5-6-16(3)21(17)25(32)31(20)18-10-8-15(2)9-11-18;1-2-18(28-22-20-21(25-13-24-20)26-14-27-22)19-12-15-8-6-7-11-17(15)23(30)29(19)16-9-4-3-5-10-16;/h5-13,19H,4H2,1-3H3,(H2,27,28,29,30,31);5-13,17H,1-4H3,(H2,26,27,28,29,30);5-14,19H,4H2,1-3H3,(H2,26,27,28,29,30);3-14,18H,2H2,1H3,(H2,24,25,26,27,28);1H. The summed E-state index contributed by atoms with van der Waals surface area (Å²) in [5, 5.41) is 20.3. The van der Waals surface area contributed by atoms with Gasteiger partial charge in [0.1, 0.15) is 53.2 Å². The summed E-state index contributed by atoms with van der Waals surface area (Å²) < 4.78 is 21.4. The Balaban J connectivity index is 0.000000125. The maximum absolute atomic E-state index is 14.4. The smallest absolute Gasteiger partial charge is 0.263 e. The molecule has 20 aromatic rings. The number of hydrogen-bond donors (Lipinski definition) is 8. The molecule has 4 atom stereocenters. The van der Waals surface area contributed by atoms with Gasteiger partial charge < -0.3 is 41.2 Å². The van der Waals surface area contributed by atoms with Crippen LogP contribution in [0.5, 0.6) is 0 Å². The predicted octanol–water partition coefficient (Wildman–Crippen LogP) is 18.9. The van der Waals surface area contributed by atoms with E-state index >= 15 is 0 Å². The van der Waals surface area contributed by atoms with E-state index in [0.29, 0.717) is 74.3 Å². The van der Waals surface area contributed by atoms with Gasteiger partial charge in [-0.25, -0.2) is 64.2 Å². The van der Waals surface area contributed by atoms with Gasteiger partial charge in [0.15, 0.2) is 45.9 Å². The highest BCUT2D eigenvalue weighted by molar-refractivity contribution is 5.90. The van der Waals surface area contributed by atoms with Crippen LogP contribution in [0.25, 0.3) is 110 Å². The fourth-order valence-electron chi connectivity index (χ4n) is 16.7. The number of H-pyrrole nitrogens is 4. The molecule has 0 amide bonds. The van der Waals surface area contributed by atoms with E-state index in [9.17, 15) is 23.6 Å². The van der Waals surface area contributed by atoms with Crippen molar-refractivity contribution >= 4 is 111 Å². The first kappa shape index (κ1) is 85.4. The van der Waals surface area contributed by atoms with E-state index in [1.807, 2.05) is 229 Å². The van der Waals surface area contributed by atoms with Crippen LogP contribution in [-0.2, 0) is 0 Å². The van der Waals surface area contributed by atoms with E-state index in [1.165, 1.54) is 37.4 Å². The fourth-order valence-corrected chi connectivity index (χ4v) is 16.7. The van der Waals surface area contributed by atoms with Crippen molar-refractivity contribution in [1.82, 2.24) is 98.0 Å². The van der Waals surface area contributed by atoms with E-state index in [1.54, 1.807) is 34.4 Å². The third-order valence-corrected chi connectivity index (χ3v) is 22.8. The van der Waals surface area contributed by atoms with Crippen LogP contribution in [0.2, 0.25) is 0 Å². The first-order valence-electron chi connectivity index (χ1n) is 41.9. The highest BCUT2D eigenvalue weighted by Gasteiger charge is 2.27. The zero-order valence-corrected chi connectivity index (χ0v) is 72.1. The summed E-state index contributed by atoms with van der Waals surface area (Å²) in [4.78, 5) is 118. The third-order valence-electron chi connectivity index (χ3n) is 22.8. The number of nitrogens with one attached hydrogen (secondary N) is 8. The second kappa shape index (κ2) is 36.7. The molecule has 642 valence electrons.